The van der Waals surface area contributed by atoms with Gasteiger partial charge in [-0.05, 0) is 19.9 Å². The summed E-state index contributed by atoms with van der Waals surface area (Å²) < 4.78 is 0. The molecule has 0 rings (SSSR count). The molecule has 0 spiro atoms. The summed E-state index contributed by atoms with van der Waals surface area (Å²) >= 11 is 0. The van der Waals surface area contributed by atoms with Crippen molar-refractivity contribution >= 4 is 0 Å². The number of allylic oxidation sites excluding steroid dienone is 3. The minimum absolute atomic E-state index is 0.638. The maximum absolute atomic E-state index is 3.16. The van der Waals surface area contributed by atoms with Crippen LogP contribution in [0.5, 0.6) is 0 Å². The lowest BCUT2D eigenvalue weighted by Gasteiger charge is -2.09. The van der Waals surface area contributed by atoms with E-state index in [9.17, 15) is 0 Å². The molecule has 0 aliphatic carbocycles. The standard InChI is InChI=1S/C10H19N/c1-5-6-7-10(8-11-4)9(2)3/h5-7,9,11H,8H2,1-4H3/b6-5-,10-7+. The molecule has 0 radical (unpaired) electrons. The highest BCUT2D eigenvalue weighted by Crippen LogP contribution is 2.07. The Hall–Kier alpha value is -0.560. The van der Waals surface area contributed by atoms with Gasteiger partial charge in [0, 0.05) is 6.54 Å². The lowest BCUT2D eigenvalue weighted by atomic mass is 10.0. The normalized spacial score (nSPS) is 13.4. The van der Waals surface area contributed by atoms with Crippen molar-refractivity contribution in [1.29, 1.82) is 0 Å². The van der Waals surface area contributed by atoms with E-state index < -0.39 is 0 Å². The molecule has 1 heteroatoms. The first kappa shape index (κ1) is 10.4. The molecule has 0 aliphatic heterocycles. The Labute approximate surface area is 70.2 Å². The second kappa shape index (κ2) is 6.17. The minimum atomic E-state index is 0.638. The highest BCUT2D eigenvalue weighted by Gasteiger charge is 1.98. The molecule has 11 heavy (non-hydrogen) atoms. The fourth-order valence-electron chi connectivity index (χ4n) is 0.879. The maximum atomic E-state index is 3.16. The van der Waals surface area contributed by atoms with Crippen LogP contribution in [0.1, 0.15) is 20.8 Å². The van der Waals surface area contributed by atoms with Gasteiger partial charge in [0.15, 0.2) is 0 Å². The fraction of sp³-hybridized carbons (Fsp3) is 0.600. The van der Waals surface area contributed by atoms with Crippen molar-refractivity contribution in [3.8, 4) is 0 Å². The molecule has 0 bridgehead atoms. The third-order valence-electron chi connectivity index (χ3n) is 1.63. The number of hydrogen-bond donors (Lipinski definition) is 1. The van der Waals surface area contributed by atoms with Crippen molar-refractivity contribution in [2.45, 2.75) is 20.8 Å². The molecule has 0 aromatic rings. The van der Waals surface area contributed by atoms with E-state index in [2.05, 4.69) is 37.4 Å². The summed E-state index contributed by atoms with van der Waals surface area (Å²) in [6, 6.07) is 0. The van der Waals surface area contributed by atoms with Crippen molar-refractivity contribution in [3.63, 3.8) is 0 Å². The Morgan fingerprint density at radius 1 is 1.45 bits per heavy atom. The van der Waals surface area contributed by atoms with Crippen LogP contribution in [0, 0.1) is 5.92 Å². The molecule has 0 saturated carbocycles. The highest BCUT2D eigenvalue weighted by molar-refractivity contribution is 5.15. The Morgan fingerprint density at radius 2 is 2.09 bits per heavy atom. The molecule has 1 N–H and O–H groups in total. The van der Waals surface area contributed by atoms with Gasteiger partial charge in [-0.3, -0.25) is 0 Å². The van der Waals surface area contributed by atoms with Crippen LogP contribution < -0.4 is 5.32 Å². The molecule has 1 nitrogen and oxygen atoms in total. The molecule has 0 amide bonds. The van der Waals surface area contributed by atoms with Gasteiger partial charge in [-0.15, -0.1) is 0 Å². The third kappa shape index (κ3) is 4.79. The molecule has 0 aromatic heterocycles. The second-order valence-electron chi connectivity index (χ2n) is 2.95. The molecule has 64 valence electrons. The zero-order valence-electron chi connectivity index (χ0n) is 8.02. The van der Waals surface area contributed by atoms with Gasteiger partial charge in [-0.2, -0.15) is 0 Å². The molecule has 0 fully saturated rings. The van der Waals surface area contributed by atoms with Gasteiger partial charge >= 0.3 is 0 Å². The zero-order valence-corrected chi connectivity index (χ0v) is 8.02. The predicted molar refractivity (Wildman–Crippen MR) is 51.7 cm³/mol. The maximum Gasteiger partial charge on any atom is 0.0167 e. The summed E-state index contributed by atoms with van der Waals surface area (Å²) in [5, 5.41) is 3.16. The average molecular weight is 153 g/mol. The summed E-state index contributed by atoms with van der Waals surface area (Å²) in [5.74, 6) is 0.638. The summed E-state index contributed by atoms with van der Waals surface area (Å²) in [7, 11) is 1.98. The van der Waals surface area contributed by atoms with E-state index in [0.717, 1.165) is 6.54 Å². The van der Waals surface area contributed by atoms with Crippen molar-refractivity contribution in [2.75, 3.05) is 13.6 Å². The Balaban J connectivity index is 4.08. The summed E-state index contributed by atoms with van der Waals surface area (Å²) in [5.41, 5.74) is 1.45. The van der Waals surface area contributed by atoms with Gasteiger partial charge in [0.25, 0.3) is 0 Å². The van der Waals surface area contributed by atoms with Crippen molar-refractivity contribution in [1.82, 2.24) is 5.32 Å². The zero-order chi connectivity index (χ0) is 8.69. The summed E-state index contributed by atoms with van der Waals surface area (Å²) in [6.45, 7) is 7.45. The summed E-state index contributed by atoms with van der Waals surface area (Å²) in [4.78, 5) is 0. The first-order valence-corrected chi connectivity index (χ1v) is 4.18. The number of likely N-dealkylation sites (N-methyl/N-ethyl adjacent to an activating group) is 1. The number of rotatable bonds is 4. The average Bonchev–Trinajstić information content (AvgIpc) is 1.97. The van der Waals surface area contributed by atoms with Crippen molar-refractivity contribution in [3.05, 3.63) is 23.8 Å². The quantitative estimate of drug-likeness (QED) is 0.611. The minimum Gasteiger partial charge on any atom is -0.316 e. The van der Waals surface area contributed by atoms with Crippen LogP contribution in [0.2, 0.25) is 0 Å². The van der Waals surface area contributed by atoms with Gasteiger partial charge in [-0.1, -0.05) is 37.6 Å². The van der Waals surface area contributed by atoms with Gasteiger partial charge in [0.2, 0.25) is 0 Å². The van der Waals surface area contributed by atoms with E-state index in [4.69, 9.17) is 0 Å². The van der Waals surface area contributed by atoms with Gasteiger partial charge < -0.3 is 5.32 Å². The topological polar surface area (TPSA) is 12.0 Å². The summed E-state index contributed by atoms with van der Waals surface area (Å²) in [6.07, 6.45) is 6.33. The molecule has 0 aromatic carbocycles. The number of nitrogens with one attached hydrogen (secondary N) is 1. The lowest BCUT2D eigenvalue weighted by molar-refractivity contribution is 0.706. The smallest absolute Gasteiger partial charge is 0.0167 e. The molecule has 0 unspecified atom stereocenters. The Bertz CT molecular complexity index is 143. The first-order chi connectivity index (χ1) is 5.22. The molecule has 0 heterocycles. The van der Waals surface area contributed by atoms with Crippen molar-refractivity contribution < 1.29 is 0 Å². The molecular formula is C10H19N. The lowest BCUT2D eigenvalue weighted by Crippen LogP contribution is -2.13. The fourth-order valence-corrected chi connectivity index (χ4v) is 0.879. The van der Waals surface area contributed by atoms with Crippen LogP contribution in [0.3, 0.4) is 0 Å². The van der Waals surface area contributed by atoms with E-state index in [1.165, 1.54) is 5.57 Å². The van der Waals surface area contributed by atoms with Crippen LogP contribution in [0.25, 0.3) is 0 Å². The Kier molecular flexibility index (Phi) is 5.86. The molecule has 0 saturated heterocycles. The van der Waals surface area contributed by atoms with E-state index in [0.29, 0.717) is 5.92 Å². The first-order valence-electron chi connectivity index (χ1n) is 4.18. The van der Waals surface area contributed by atoms with Crippen LogP contribution >= 0.6 is 0 Å². The van der Waals surface area contributed by atoms with Crippen LogP contribution in [0.15, 0.2) is 23.8 Å². The SMILES string of the molecule is C/C=C\C=C(/CNC)C(C)C. The van der Waals surface area contributed by atoms with E-state index in [-0.39, 0.29) is 0 Å². The van der Waals surface area contributed by atoms with E-state index in [1.807, 2.05) is 14.0 Å². The monoisotopic (exact) mass is 153 g/mol. The van der Waals surface area contributed by atoms with Crippen LogP contribution in [0.4, 0.5) is 0 Å². The molecular weight excluding hydrogens is 134 g/mol. The largest absolute Gasteiger partial charge is 0.316 e. The van der Waals surface area contributed by atoms with Crippen LogP contribution in [-0.2, 0) is 0 Å². The highest BCUT2D eigenvalue weighted by atomic mass is 14.8. The van der Waals surface area contributed by atoms with E-state index >= 15 is 0 Å². The molecule has 0 atom stereocenters. The number of hydrogen-bond acceptors (Lipinski definition) is 1. The second-order valence-corrected chi connectivity index (χ2v) is 2.95. The third-order valence-corrected chi connectivity index (χ3v) is 1.63. The predicted octanol–water partition coefficient (Wildman–Crippen LogP) is 2.36. The van der Waals surface area contributed by atoms with Crippen LogP contribution in [-0.4, -0.2) is 13.6 Å². The Morgan fingerprint density at radius 3 is 2.45 bits per heavy atom. The van der Waals surface area contributed by atoms with Gasteiger partial charge in [-0.25, -0.2) is 0 Å². The van der Waals surface area contributed by atoms with Gasteiger partial charge in [0.05, 0.1) is 0 Å². The van der Waals surface area contributed by atoms with E-state index in [1.54, 1.807) is 0 Å². The van der Waals surface area contributed by atoms with Gasteiger partial charge in [0.1, 0.15) is 0 Å². The van der Waals surface area contributed by atoms with Crippen molar-refractivity contribution in [2.24, 2.45) is 5.92 Å². The molecule has 0 aliphatic rings.